The average molecular weight is 409 g/mol. The fourth-order valence-electron chi connectivity index (χ4n) is 3.10. The van der Waals surface area contributed by atoms with Crippen LogP contribution in [0.2, 0.25) is 0 Å². The molecular formula is C21H19N3O6. The maximum absolute atomic E-state index is 12.8. The lowest BCUT2D eigenvalue weighted by Crippen LogP contribution is -2.34. The third-order valence-corrected chi connectivity index (χ3v) is 4.53. The van der Waals surface area contributed by atoms with E-state index >= 15 is 0 Å². The first-order chi connectivity index (χ1) is 14.3. The van der Waals surface area contributed by atoms with Crippen LogP contribution >= 0.6 is 0 Å². The van der Waals surface area contributed by atoms with Crippen molar-refractivity contribution in [1.82, 2.24) is 10.3 Å². The summed E-state index contributed by atoms with van der Waals surface area (Å²) in [5, 5.41) is 13.9. The fraction of sp³-hybridized carbons (Fsp3) is 0.190. The van der Waals surface area contributed by atoms with E-state index in [-0.39, 0.29) is 17.0 Å². The Morgan fingerprint density at radius 1 is 1.17 bits per heavy atom. The van der Waals surface area contributed by atoms with Crippen LogP contribution in [0.4, 0.5) is 5.69 Å². The highest BCUT2D eigenvalue weighted by atomic mass is 16.6. The molecule has 0 fully saturated rings. The summed E-state index contributed by atoms with van der Waals surface area (Å²) in [6.45, 7) is 2.75. The first-order valence-electron chi connectivity index (χ1n) is 9.11. The third kappa shape index (κ3) is 4.35. The van der Waals surface area contributed by atoms with Gasteiger partial charge in [0, 0.05) is 39.9 Å². The number of non-ortho nitro benzene ring substituents is 1. The number of hydrogen-bond acceptors (Lipinski definition) is 6. The summed E-state index contributed by atoms with van der Waals surface area (Å²) in [4.78, 5) is 50.3. The average Bonchev–Trinajstić information content (AvgIpc) is 3.07. The predicted molar refractivity (Wildman–Crippen MR) is 108 cm³/mol. The van der Waals surface area contributed by atoms with Crippen LogP contribution in [-0.4, -0.2) is 40.2 Å². The summed E-state index contributed by atoms with van der Waals surface area (Å²) in [7, 11) is 0. The van der Waals surface area contributed by atoms with Crippen LogP contribution in [0, 0.1) is 17.0 Å². The maximum atomic E-state index is 12.8. The fourth-order valence-corrected chi connectivity index (χ4v) is 3.10. The Labute approximate surface area is 171 Å². The van der Waals surface area contributed by atoms with E-state index in [2.05, 4.69) is 10.3 Å². The molecule has 2 N–H and O–H groups in total. The molecular weight excluding hydrogens is 390 g/mol. The number of Topliss-reactive ketones (excluding diaryl/α,β-unsaturated/α-hetero) is 1. The van der Waals surface area contributed by atoms with Gasteiger partial charge in [-0.2, -0.15) is 0 Å². The number of H-pyrrole nitrogens is 1. The Bertz CT molecular complexity index is 1150. The largest absolute Gasteiger partial charge is 0.453 e. The summed E-state index contributed by atoms with van der Waals surface area (Å²) in [6.07, 6.45) is -1.05. The maximum Gasteiger partial charge on any atom is 0.326 e. The Morgan fingerprint density at radius 2 is 1.90 bits per heavy atom. The molecule has 9 nitrogen and oxygen atoms in total. The standard InChI is InChI=1S/C21H19N3O6/c1-12-19(16-8-3-4-9-17(16)23-12)20(26)13(2)30-18(25)11-22-21(27)14-6-5-7-15(10-14)24(28)29/h3-10,13,23H,11H2,1-2H3,(H,22,27). The van der Waals surface area contributed by atoms with E-state index in [1.807, 2.05) is 18.2 Å². The molecule has 154 valence electrons. The minimum absolute atomic E-state index is 0.0375. The number of benzene rings is 2. The molecule has 1 amide bonds. The number of carbonyl (C=O) groups is 3. The first-order valence-corrected chi connectivity index (χ1v) is 9.11. The van der Waals surface area contributed by atoms with Crippen molar-refractivity contribution in [2.75, 3.05) is 6.54 Å². The van der Waals surface area contributed by atoms with E-state index in [4.69, 9.17) is 4.74 Å². The van der Waals surface area contributed by atoms with E-state index < -0.39 is 29.4 Å². The number of nitrogens with one attached hydrogen (secondary N) is 2. The zero-order valence-corrected chi connectivity index (χ0v) is 16.3. The number of nitro benzene ring substituents is 1. The molecule has 1 unspecified atom stereocenters. The summed E-state index contributed by atoms with van der Waals surface area (Å²) in [5.74, 6) is -1.82. The van der Waals surface area contributed by atoms with Gasteiger partial charge in [0.25, 0.3) is 11.6 Å². The molecule has 0 saturated carbocycles. The topological polar surface area (TPSA) is 131 Å². The molecule has 9 heteroatoms. The number of carbonyl (C=O) groups excluding carboxylic acids is 3. The lowest BCUT2D eigenvalue weighted by Gasteiger charge is -2.13. The number of ketones is 1. The molecule has 1 aromatic heterocycles. The van der Waals surface area contributed by atoms with Crippen molar-refractivity contribution in [3.05, 3.63) is 75.5 Å². The quantitative estimate of drug-likeness (QED) is 0.267. The van der Waals surface area contributed by atoms with Crippen molar-refractivity contribution in [3.63, 3.8) is 0 Å². The van der Waals surface area contributed by atoms with E-state index in [0.29, 0.717) is 11.3 Å². The van der Waals surface area contributed by atoms with E-state index in [0.717, 1.165) is 17.0 Å². The lowest BCUT2D eigenvalue weighted by atomic mass is 10.0. The third-order valence-electron chi connectivity index (χ3n) is 4.53. The second kappa shape index (κ2) is 8.56. The molecule has 30 heavy (non-hydrogen) atoms. The minimum atomic E-state index is -1.05. The molecule has 0 bridgehead atoms. The predicted octanol–water partition coefficient (Wildman–Crippen LogP) is 2.93. The number of aromatic nitrogens is 1. The molecule has 0 saturated heterocycles. The molecule has 1 heterocycles. The molecule has 0 radical (unpaired) electrons. The van der Waals surface area contributed by atoms with Crippen molar-refractivity contribution in [2.24, 2.45) is 0 Å². The number of nitrogens with zero attached hydrogens (tertiary/aromatic N) is 1. The Kier molecular flexibility index (Phi) is 5.91. The van der Waals surface area contributed by atoms with Crippen molar-refractivity contribution in [1.29, 1.82) is 0 Å². The smallest absolute Gasteiger partial charge is 0.326 e. The molecule has 3 rings (SSSR count). The van der Waals surface area contributed by atoms with Crippen LogP contribution < -0.4 is 5.32 Å². The van der Waals surface area contributed by atoms with Crippen LogP contribution in [0.3, 0.4) is 0 Å². The van der Waals surface area contributed by atoms with Gasteiger partial charge in [0.2, 0.25) is 5.78 Å². The summed E-state index contributed by atoms with van der Waals surface area (Å²) < 4.78 is 5.16. The SMILES string of the molecule is Cc1[nH]c2ccccc2c1C(=O)C(C)OC(=O)CNC(=O)c1cccc([N+](=O)[O-])c1. The number of esters is 1. The zero-order chi connectivity index (χ0) is 21.8. The van der Waals surface area contributed by atoms with Gasteiger partial charge >= 0.3 is 5.97 Å². The van der Waals surface area contributed by atoms with Gasteiger partial charge in [-0.25, -0.2) is 0 Å². The van der Waals surface area contributed by atoms with E-state index in [1.165, 1.54) is 25.1 Å². The number of aryl methyl sites for hydroxylation is 1. The van der Waals surface area contributed by atoms with Crippen LogP contribution in [0.5, 0.6) is 0 Å². The van der Waals surface area contributed by atoms with Crippen molar-refractivity contribution in [3.8, 4) is 0 Å². The Hall–Kier alpha value is -4.01. The van der Waals surface area contributed by atoms with Gasteiger partial charge < -0.3 is 15.0 Å². The monoisotopic (exact) mass is 409 g/mol. The molecule has 0 aliphatic carbocycles. The number of hydrogen-bond donors (Lipinski definition) is 2. The van der Waals surface area contributed by atoms with Gasteiger partial charge in [0.15, 0.2) is 6.10 Å². The Balaban J connectivity index is 1.61. The summed E-state index contributed by atoms with van der Waals surface area (Å²) in [6, 6.07) is 12.4. The number of nitro groups is 1. The highest BCUT2D eigenvalue weighted by Gasteiger charge is 2.24. The summed E-state index contributed by atoms with van der Waals surface area (Å²) >= 11 is 0. The van der Waals surface area contributed by atoms with Gasteiger partial charge in [-0.1, -0.05) is 24.3 Å². The van der Waals surface area contributed by atoms with Gasteiger partial charge in [0.1, 0.15) is 6.54 Å². The molecule has 0 spiro atoms. The van der Waals surface area contributed by atoms with Crippen LogP contribution in [0.1, 0.15) is 33.3 Å². The van der Waals surface area contributed by atoms with Crippen LogP contribution in [0.15, 0.2) is 48.5 Å². The second-order valence-electron chi connectivity index (χ2n) is 6.66. The van der Waals surface area contributed by atoms with Crippen LogP contribution in [0.25, 0.3) is 10.9 Å². The van der Waals surface area contributed by atoms with Gasteiger partial charge in [0.05, 0.1) is 4.92 Å². The van der Waals surface area contributed by atoms with E-state index in [9.17, 15) is 24.5 Å². The Morgan fingerprint density at radius 3 is 2.63 bits per heavy atom. The number of para-hydroxylation sites is 1. The normalized spacial score (nSPS) is 11.7. The van der Waals surface area contributed by atoms with Crippen molar-refractivity contribution in [2.45, 2.75) is 20.0 Å². The van der Waals surface area contributed by atoms with Crippen molar-refractivity contribution >= 4 is 34.3 Å². The van der Waals surface area contributed by atoms with Crippen molar-refractivity contribution < 1.29 is 24.0 Å². The van der Waals surface area contributed by atoms with E-state index in [1.54, 1.807) is 13.0 Å². The lowest BCUT2D eigenvalue weighted by molar-refractivity contribution is -0.384. The van der Waals surface area contributed by atoms with Gasteiger partial charge in [-0.3, -0.25) is 24.5 Å². The van der Waals surface area contributed by atoms with Gasteiger partial charge in [-0.15, -0.1) is 0 Å². The molecule has 2 aromatic carbocycles. The molecule has 0 aliphatic rings. The highest BCUT2D eigenvalue weighted by molar-refractivity contribution is 6.11. The van der Waals surface area contributed by atoms with Gasteiger partial charge in [-0.05, 0) is 26.0 Å². The number of fused-ring (bicyclic) bond motifs is 1. The summed E-state index contributed by atoms with van der Waals surface area (Å²) in [5.41, 5.74) is 1.73. The number of rotatable bonds is 7. The molecule has 3 aromatic rings. The second-order valence-corrected chi connectivity index (χ2v) is 6.66. The molecule has 1 atom stereocenters. The minimum Gasteiger partial charge on any atom is -0.453 e. The first kappa shape index (κ1) is 20.7. The number of ether oxygens (including phenoxy) is 1. The number of amides is 1. The van der Waals surface area contributed by atoms with Crippen LogP contribution in [-0.2, 0) is 9.53 Å². The number of aromatic amines is 1. The zero-order valence-electron chi connectivity index (χ0n) is 16.3. The highest BCUT2D eigenvalue weighted by Crippen LogP contribution is 2.23. The molecule has 0 aliphatic heterocycles.